The maximum absolute atomic E-state index is 9.86. The molecule has 0 N–H and O–H groups in total. The lowest BCUT2D eigenvalue weighted by atomic mass is 9.99. The summed E-state index contributed by atoms with van der Waals surface area (Å²) in [6.45, 7) is 0. The van der Waals surface area contributed by atoms with Crippen LogP contribution in [0.2, 0.25) is 0 Å². The Morgan fingerprint density at radius 2 is 0.881 bits per heavy atom. The third kappa shape index (κ3) is 6.59. The largest absolute Gasteiger partial charge is 0.455 e. The number of hydrogen-bond donors (Lipinski definition) is 0. The molecule has 0 saturated heterocycles. The maximum atomic E-state index is 9.86. The van der Waals surface area contributed by atoms with Crippen molar-refractivity contribution in [3.8, 4) is 50.2 Å². The molecule has 13 rings (SSSR count). The minimum atomic E-state index is -0.751. The van der Waals surface area contributed by atoms with Crippen LogP contribution in [0, 0.1) is 0 Å². The Morgan fingerprint density at radius 3 is 1.54 bits per heavy atom. The van der Waals surface area contributed by atoms with E-state index in [2.05, 4.69) is 41.0 Å². The second-order valence-electron chi connectivity index (χ2n) is 16.1. The summed E-state index contributed by atoms with van der Waals surface area (Å²) in [6, 6.07) is 43.5. The molecule has 0 amide bonds. The van der Waals surface area contributed by atoms with Crippen molar-refractivity contribution in [3.05, 3.63) is 254 Å². The molecule has 0 radical (unpaired) electrons. The summed E-state index contributed by atoms with van der Waals surface area (Å²) >= 11 is 0. The Morgan fingerprint density at radius 1 is 0.343 bits per heavy atom. The van der Waals surface area contributed by atoms with Gasteiger partial charge in [-0.2, -0.15) is 0 Å². The first-order chi connectivity index (χ1) is 39.5. The van der Waals surface area contributed by atoms with Gasteiger partial charge >= 0.3 is 0 Å². The molecule has 13 aromatic rings. The van der Waals surface area contributed by atoms with Gasteiger partial charge in [-0.3, -0.25) is 0 Å². The topological polar surface area (TPSA) is 21.3 Å². The Bertz CT molecular complexity index is 4770. The highest BCUT2D eigenvalue weighted by Gasteiger charge is 2.19. The van der Waals surface area contributed by atoms with E-state index < -0.39 is 124 Å². The number of benzene rings is 11. The molecule has 0 spiro atoms. The van der Waals surface area contributed by atoms with Gasteiger partial charge in [0.25, 0.3) is 0 Å². The van der Waals surface area contributed by atoms with Crippen LogP contribution in [0.4, 0.5) is 17.1 Å². The SMILES string of the molecule is [2H]c1c([2H])c([2H])c(-c2c([2H])c([2H])c([2H])c3c2oc2c(-c4c([2H])c([2H])c(N(c5ccc(-c6ccc7ccccc7c6)cc5)c5ccc(-c6ccccc6-n6c7ccccc7c7ccccc76)cc5)c([2H])c4[2H])c([2H])c([2H])c([2H])c23)c([2H])c1[2H]. The summed E-state index contributed by atoms with van der Waals surface area (Å²) in [5.41, 5.74) is 4.51. The molecular formula is C64H42N2O. The summed E-state index contributed by atoms with van der Waals surface area (Å²) in [4.78, 5) is 1.63. The van der Waals surface area contributed by atoms with E-state index in [9.17, 15) is 6.85 Å². The fourth-order valence-corrected chi connectivity index (χ4v) is 9.18. The van der Waals surface area contributed by atoms with Crippen LogP contribution in [0.3, 0.4) is 0 Å². The standard InChI is InChI=1S/C64H42N2O/c1-2-15-45(16-3-1)54-21-12-23-58-59-24-13-22-55(64(59)67-63(54)58)47-34-40-52(41-35-47)65(50-36-30-44(31-37-50)49-29-28-43-14-4-5-17-48(43)42-49)51-38-32-46(33-39-51)53-18-6-9-25-60(53)66-61-26-10-7-19-56(61)57-20-8-11-27-62(57)66/h1-42H/i1D,2D,3D,12D,13D,15D,16D,21D,22D,23D,24D,34D,35D,40D,41D. The zero-order valence-corrected chi connectivity index (χ0v) is 35.4. The molecule has 0 saturated carbocycles. The van der Waals surface area contributed by atoms with Crippen LogP contribution < -0.4 is 4.90 Å². The van der Waals surface area contributed by atoms with Gasteiger partial charge in [-0.1, -0.05) is 194 Å². The van der Waals surface area contributed by atoms with Gasteiger partial charge in [0.15, 0.2) is 0 Å². The van der Waals surface area contributed by atoms with Crippen LogP contribution >= 0.6 is 0 Å². The van der Waals surface area contributed by atoms with E-state index in [1.807, 2.05) is 127 Å². The van der Waals surface area contributed by atoms with Crippen molar-refractivity contribution in [1.82, 2.24) is 4.57 Å². The van der Waals surface area contributed by atoms with Gasteiger partial charge in [0, 0.05) is 55.3 Å². The highest BCUT2D eigenvalue weighted by Crippen LogP contribution is 2.43. The number of rotatable bonds is 8. The quantitative estimate of drug-likeness (QED) is 0.152. The molecule has 2 heterocycles. The number of hydrogen-bond acceptors (Lipinski definition) is 2. The van der Waals surface area contributed by atoms with Crippen LogP contribution in [0.1, 0.15) is 20.6 Å². The normalized spacial score (nSPS) is 14.7. The van der Waals surface area contributed by atoms with E-state index >= 15 is 0 Å². The second-order valence-corrected chi connectivity index (χ2v) is 16.1. The fraction of sp³-hybridized carbons (Fsp3) is 0. The fourth-order valence-electron chi connectivity index (χ4n) is 9.18. The number of aromatic nitrogens is 1. The molecule has 0 unspecified atom stereocenters. The molecule has 0 aliphatic carbocycles. The summed E-state index contributed by atoms with van der Waals surface area (Å²) in [7, 11) is 0. The number of nitrogens with zero attached hydrogens (tertiary/aromatic N) is 2. The van der Waals surface area contributed by atoms with Gasteiger partial charge < -0.3 is 13.9 Å². The lowest BCUT2D eigenvalue weighted by Crippen LogP contribution is -2.09. The van der Waals surface area contributed by atoms with Crippen molar-refractivity contribution in [3.63, 3.8) is 0 Å². The van der Waals surface area contributed by atoms with Crippen molar-refractivity contribution < 1.29 is 25.0 Å². The number of para-hydroxylation sites is 5. The van der Waals surface area contributed by atoms with Crippen LogP contribution in [0.5, 0.6) is 0 Å². The number of furan rings is 1. The number of fused-ring (bicyclic) bond motifs is 7. The lowest BCUT2D eigenvalue weighted by Gasteiger charge is -2.26. The van der Waals surface area contributed by atoms with Gasteiger partial charge in [-0.05, 0) is 99.2 Å². The van der Waals surface area contributed by atoms with Crippen molar-refractivity contribution in [2.45, 2.75) is 0 Å². The molecular weight excluding hydrogens is 813 g/mol. The Balaban J connectivity index is 1.01. The van der Waals surface area contributed by atoms with Crippen molar-refractivity contribution in [2.24, 2.45) is 0 Å². The molecule has 0 bridgehead atoms. The highest BCUT2D eigenvalue weighted by atomic mass is 16.3. The van der Waals surface area contributed by atoms with Gasteiger partial charge in [0.05, 0.1) is 37.3 Å². The highest BCUT2D eigenvalue weighted by molar-refractivity contribution is 6.13. The van der Waals surface area contributed by atoms with E-state index in [4.69, 9.17) is 18.1 Å². The predicted octanol–water partition coefficient (Wildman–Crippen LogP) is 18.0. The van der Waals surface area contributed by atoms with Gasteiger partial charge in [-0.25, -0.2) is 0 Å². The Labute approximate surface area is 409 Å². The predicted molar refractivity (Wildman–Crippen MR) is 282 cm³/mol. The molecule has 0 aliphatic rings. The average molecular weight is 870 g/mol. The first-order valence-corrected chi connectivity index (χ1v) is 21.7. The van der Waals surface area contributed by atoms with Crippen LogP contribution in [-0.2, 0) is 0 Å². The molecule has 11 aromatic carbocycles. The molecule has 67 heavy (non-hydrogen) atoms. The van der Waals surface area contributed by atoms with E-state index in [-0.39, 0.29) is 16.5 Å². The molecule has 0 fully saturated rings. The third-order valence-electron chi connectivity index (χ3n) is 12.3. The van der Waals surface area contributed by atoms with Crippen molar-refractivity contribution in [1.29, 1.82) is 0 Å². The average Bonchev–Trinajstić information content (AvgIpc) is 2.53. The molecule has 3 heteroatoms. The monoisotopic (exact) mass is 869 g/mol. The van der Waals surface area contributed by atoms with E-state index in [1.165, 1.54) is 0 Å². The summed E-state index contributed by atoms with van der Waals surface area (Å²) in [5, 5.41) is 3.67. The van der Waals surface area contributed by atoms with Crippen molar-refractivity contribution in [2.75, 3.05) is 4.90 Å². The maximum Gasteiger partial charge on any atom is 0.143 e. The second kappa shape index (κ2) is 16.0. The van der Waals surface area contributed by atoms with Gasteiger partial charge in [-0.15, -0.1) is 0 Å². The summed E-state index contributed by atoms with van der Waals surface area (Å²) in [6.07, 6.45) is 0. The molecule has 0 aliphatic heterocycles. The van der Waals surface area contributed by atoms with E-state index in [0.29, 0.717) is 11.4 Å². The zero-order valence-electron chi connectivity index (χ0n) is 50.4. The van der Waals surface area contributed by atoms with E-state index in [1.54, 1.807) is 4.90 Å². The summed E-state index contributed by atoms with van der Waals surface area (Å²) in [5.74, 6) is 0. The van der Waals surface area contributed by atoms with Crippen molar-refractivity contribution >= 4 is 71.6 Å². The summed E-state index contributed by atoms with van der Waals surface area (Å²) < 4.78 is 145. The lowest BCUT2D eigenvalue weighted by molar-refractivity contribution is 0.671. The molecule has 2 aromatic heterocycles. The smallest absolute Gasteiger partial charge is 0.143 e. The molecule has 314 valence electrons. The zero-order chi connectivity index (χ0) is 57.3. The third-order valence-corrected chi connectivity index (χ3v) is 12.3. The van der Waals surface area contributed by atoms with Crippen LogP contribution in [0.25, 0.3) is 105 Å². The Kier molecular flexibility index (Phi) is 6.22. The van der Waals surface area contributed by atoms with Gasteiger partial charge in [0.1, 0.15) is 11.2 Å². The minimum Gasteiger partial charge on any atom is -0.455 e. The first-order valence-electron chi connectivity index (χ1n) is 29.2. The Hall–Kier alpha value is -8.92. The molecule has 3 nitrogen and oxygen atoms in total. The van der Waals surface area contributed by atoms with E-state index in [0.717, 1.165) is 60.5 Å². The minimum absolute atomic E-state index is 0.166. The van der Waals surface area contributed by atoms with Crippen LogP contribution in [-0.4, -0.2) is 4.57 Å². The van der Waals surface area contributed by atoms with Crippen LogP contribution in [0.15, 0.2) is 259 Å². The first kappa shape index (κ1) is 26.1. The number of anilines is 3. The van der Waals surface area contributed by atoms with Gasteiger partial charge in [0.2, 0.25) is 0 Å². The molecule has 0 atom stereocenters.